The number of thioether (sulfide) groups is 1. The van der Waals surface area contributed by atoms with Gasteiger partial charge in [0, 0.05) is 30.2 Å². The summed E-state index contributed by atoms with van der Waals surface area (Å²) < 4.78 is 0. The van der Waals surface area contributed by atoms with Crippen molar-refractivity contribution in [1.29, 1.82) is 0 Å². The Bertz CT molecular complexity index is 498. The number of nitrogens with two attached hydrogens (primary N) is 1. The maximum atomic E-state index is 10.7. The third-order valence-electron chi connectivity index (χ3n) is 2.05. The van der Waals surface area contributed by atoms with Crippen LogP contribution in [0.15, 0.2) is 29.4 Å². The standard InChI is InChI=1S/C13H14N2O2S/c1-10(16)18-9-3-2-4-11-5-7-12(8-6-11)13(14)15-17/h5-8,17H,3,9H2,1H3,(H2,14,15). The zero-order valence-electron chi connectivity index (χ0n) is 10.0. The maximum absolute atomic E-state index is 10.7. The average molecular weight is 262 g/mol. The van der Waals surface area contributed by atoms with Gasteiger partial charge in [-0.3, -0.25) is 4.79 Å². The summed E-state index contributed by atoms with van der Waals surface area (Å²) in [5.41, 5.74) is 6.95. The Morgan fingerprint density at radius 2 is 2.11 bits per heavy atom. The smallest absolute Gasteiger partial charge is 0.185 e. The second-order valence-electron chi connectivity index (χ2n) is 3.45. The van der Waals surface area contributed by atoms with Crippen LogP contribution in [0.4, 0.5) is 0 Å². The number of benzene rings is 1. The van der Waals surface area contributed by atoms with E-state index in [1.165, 1.54) is 11.8 Å². The van der Waals surface area contributed by atoms with E-state index in [9.17, 15) is 4.79 Å². The van der Waals surface area contributed by atoms with Crippen molar-refractivity contribution in [2.45, 2.75) is 13.3 Å². The third-order valence-corrected chi connectivity index (χ3v) is 2.87. The van der Waals surface area contributed by atoms with Crippen LogP contribution in [0, 0.1) is 11.8 Å². The molecule has 18 heavy (non-hydrogen) atoms. The van der Waals surface area contributed by atoms with E-state index >= 15 is 0 Å². The lowest BCUT2D eigenvalue weighted by atomic mass is 10.1. The van der Waals surface area contributed by atoms with Gasteiger partial charge < -0.3 is 10.9 Å². The molecule has 0 aliphatic carbocycles. The normalized spacial score (nSPS) is 10.6. The minimum absolute atomic E-state index is 0.0763. The molecule has 0 aromatic heterocycles. The number of carbonyl (C=O) groups is 1. The van der Waals surface area contributed by atoms with Crippen molar-refractivity contribution < 1.29 is 10.0 Å². The van der Waals surface area contributed by atoms with E-state index in [0.29, 0.717) is 17.7 Å². The molecule has 0 aliphatic heterocycles. The van der Waals surface area contributed by atoms with Crippen LogP contribution in [-0.4, -0.2) is 21.9 Å². The van der Waals surface area contributed by atoms with Gasteiger partial charge in [0.2, 0.25) is 0 Å². The van der Waals surface area contributed by atoms with E-state index in [2.05, 4.69) is 17.0 Å². The highest BCUT2D eigenvalue weighted by atomic mass is 32.2. The van der Waals surface area contributed by atoms with E-state index in [1.807, 2.05) is 0 Å². The van der Waals surface area contributed by atoms with Crippen molar-refractivity contribution in [2.75, 3.05) is 5.75 Å². The summed E-state index contributed by atoms with van der Waals surface area (Å²) in [6, 6.07) is 7.09. The molecule has 0 spiro atoms. The van der Waals surface area contributed by atoms with Gasteiger partial charge in [-0.1, -0.05) is 28.8 Å². The Morgan fingerprint density at radius 3 is 2.67 bits per heavy atom. The molecular weight excluding hydrogens is 248 g/mol. The lowest BCUT2D eigenvalue weighted by molar-refractivity contribution is -0.109. The lowest BCUT2D eigenvalue weighted by Gasteiger charge is -1.97. The molecule has 0 heterocycles. The third kappa shape index (κ3) is 4.93. The summed E-state index contributed by atoms with van der Waals surface area (Å²) in [4.78, 5) is 10.7. The van der Waals surface area contributed by atoms with E-state index < -0.39 is 0 Å². The van der Waals surface area contributed by atoms with Crippen LogP contribution in [0.1, 0.15) is 24.5 Å². The van der Waals surface area contributed by atoms with Crippen LogP contribution in [0.2, 0.25) is 0 Å². The Morgan fingerprint density at radius 1 is 1.44 bits per heavy atom. The summed E-state index contributed by atoms with van der Waals surface area (Å²) in [6.45, 7) is 1.55. The minimum atomic E-state index is 0.0763. The molecule has 5 heteroatoms. The van der Waals surface area contributed by atoms with Gasteiger partial charge in [-0.2, -0.15) is 0 Å². The van der Waals surface area contributed by atoms with Gasteiger partial charge in [0.1, 0.15) is 0 Å². The van der Waals surface area contributed by atoms with Gasteiger partial charge in [-0.25, -0.2) is 0 Å². The molecule has 1 aromatic carbocycles. The lowest BCUT2D eigenvalue weighted by Crippen LogP contribution is -2.12. The van der Waals surface area contributed by atoms with Crippen LogP contribution in [0.3, 0.4) is 0 Å². The van der Waals surface area contributed by atoms with Gasteiger partial charge in [0.05, 0.1) is 0 Å². The molecule has 0 atom stereocenters. The molecule has 3 N–H and O–H groups in total. The zero-order valence-corrected chi connectivity index (χ0v) is 10.8. The monoisotopic (exact) mass is 262 g/mol. The summed E-state index contributed by atoms with van der Waals surface area (Å²) in [7, 11) is 0. The Labute approximate surface area is 110 Å². The van der Waals surface area contributed by atoms with E-state index in [4.69, 9.17) is 10.9 Å². The van der Waals surface area contributed by atoms with Crippen LogP contribution in [-0.2, 0) is 4.79 Å². The summed E-state index contributed by atoms with van der Waals surface area (Å²) >= 11 is 1.27. The molecule has 0 aliphatic rings. The van der Waals surface area contributed by atoms with E-state index in [1.54, 1.807) is 31.2 Å². The SMILES string of the molecule is CC(=O)SCCC#Cc1ccc(C(N)=NO)cc1. The molecule has 0 unspecified atom stereocenters. The maximum Gasteiger partial charge on any atom is 0.185 e. The van der Waals surface area contributed by atoms with Crippen molar-refractivity contribution in [3.8, 4) is 11.8 Å². The number of rotatable bonds is 3. The molecule has 4 nitrogen and oxygen atoms in total. The molecule has 0 radical (unpaired) electrons. The predicted molar refractivity (Wildman–Crippen MR) is 73.6 cm³/mol. The average Bonchev–Trinajstić information content (AvgIpc) is 2.38. The number of oxime groups is 1. The zero-order chi connectivity index (χ0) is 13.4. The number of nitrogens with zero attached hydrogens (tertiary/aromatic N) is 1. The summed E-state index contributed by atoms with van der Waals surface area (Å²) in [5, 5.41) is 11.5. The fraction of sp³-hybridized carbons (Fsp3) is 0.231. The highest BCUT2D eigenvalue weighted by Crippen LogP contribution is 2.04. The fourth-order valence-corrected chi connectivity index (χ4v) is 1.68. The second kappa shape index (κ2) is 7.41. The molecule has 0 bridgehead atoms. The highest BCUT2D eigenvalue weighted by Gasteiger charge is 1.97. The predicted octanol–water partition coefficient (Wildman–Crippen LogP) is 1.80. The molecule has 0 fully saturated rings. The highest BCUT2D eigenvalue weighted by molar-refractivity contribution is 8.13. The summed E-state index contributed by atoms with van der Waals surface area (Å²) in [5.74, 6) is 6.76. The molecule has 94 valence electrons. The summed E-state index contributed by atoms with van der Waals surface area (Å²) in [6.07, 6.45) is 0.673. The van der Waals surface area contributed by atoms with Crippen molar-refractivity contribution in [2.24, 2.45) is 10.9 Å². The number of amidine groups is 1. The fourth-order valence-electron chi connectivity index (χ4n) is 1.19. The van der Waals surface area contributed by atoms with Gasteiger partial charge >= 0.3 is 0 Å². The minimum Gasteiger partial charge on any atom is -0.409 e. The first-order valence-corrected chi connectivity index (χ1v) is 6.32. The van der Waals surface area contributed by atoms with Crippen LogP contribution < -0.4 is 5.73 Å². The number of hydrogen-bond donors (Lipinski definition) is 2. The number of carbonyl (C=O) groups excluding carboxylic acids is 1. The molecule has 1 aromatic rings. The molecule has 1 rings (SSSR count). The first-order valence-electron chi connectivity index (χ1n) is 5.33. The van der Waals surface area contributed by atoms with Gasteiger partial charge in [0.15, 0.2) is 11.0 Å². The first-order chi connectivity index (χ1) is 8.63. The Balaban J connectivity index is 2.54. The van der Waals surface area contributed by atoms with Crippen LogP contribution in [0.5, 0.6) is 0 Å². The topological polar surface area (TPSA) is 75.7 Å². The number of hydrogen-bond acceptors (Lipinski definition) is 4. The largest absolute Gasteiger partial charge is 0.409 e. The molecule has 0 saturated heterocycles. The van der Waals surface area contributed by atoms with E-state index in [0.717, 1.165) is 5.56 Å². The van der Waals surface area contributed by atoms with Gasteiger partial charge in [-0.15, -0.1) is 0 Å². The van der Waals surface area contributed by atoms with Gasteiger partial charge in [0.25, 0.3) is 0 Å². The van der Waals surface area contributed by atoms with Gasteiger partial charge in [-0.05, 0) is 24.3 Å². The van der Waals surface area contributed by atoms with Crippen LogP contribution in [0.25, 0.3) is 0 Å². The Hall–Kier alpha value is -1.93. The van der Waals surface area contributed by atoms with E-state index in [-0.39, 0.29) is 11.0 Å². The Kier molecular flexibility index (Phi) is 5.81. The first kappa shape index (κ1) is 14.1. The van der Waals surface area contributed by atoms with Crippen molar-refractivity contribution >= 4 is 22.7 Å². The quantitative estimate of drug-likeness (QED) is 0.217. The van der Waals surface area contributed by atoms with Crippen LogP contribution >= 0.6 is 11.8 Å². The van der Waals surface area contributed by atoms with Crippen molar-refractivity contribution in [3.63, 3.8) is 0 Å². The molecular formula is C13H14N2O2S. The van der Waals surface area contributed by atoms with Crippen molar-refractivity contribution in [1.82, 2.24) is 0 Å². The molecule has 0 amide bonds. The molecule has 0 saturated carbocycles. The second-order valence-corrected chi connectivity index (χ2v) is 4.73. The van der Waals surface area contributed by atoms with Crippen molar-refractivity contribution in [3.05, 3.63) is 35.4 Å².